The van der Waals surface area contributed by atoms with Crippen molar-refractivity contribution in [1.82, 2.24) is 5.32 Å². The summed E-state index contributed by atoms with van der Waals surface area (Å²) in [6.07, 6.45) is 3.19. The molecule has 1 amide bonds. The van der Waals surface area contributed by atoms with Gasteiger partial charge >= 0.3 is 0 Å². The Morgan fingerprint density at radius 1 is 1.21 bits per heavy atom. The quantitative estimate of drug-likeness (QED) is 0.866. The van der Waals surface area contributed by atoms with E-state index in [1.165, 1.54) is 12.5 Å². The summed E-state index contributed by atoms with van der Waals surface area (Å²) in [5, 5.41) is 2.98. The molecule has 1 aliphatic rings. The van der Waals surface area contributed by atoms with Gasteiger partial charge in [0.2, 0.25) is 0 Å². The molecule has 1 aromatic rings. The molecule has 0 bridgehead atoms. The molecule has 2 unspecified atom stereocenters. The van der Waals surface area contributed by atoms with E-state index >= 15 is 0 Å². The minimum absolute atomic E-state index is 0.150. The van der Waals surface area contributed by atoms with Crippen molar-refractivity contribution in [1.29, 1.82) is 0 Å². The van der Waals surface area contributed by atoms with Gasteiger partial charge in [0.25, 0.3) is 5.91 Å². The predicted molar refractivity (Wildman–Crippen MR) is 74.6 cm³/mol. The number of halogens is 1. The Bertz CT molecular complexity index is 462. The third-order valence-electron chi connectivity index (χ3n) is 3.88. The molecule has 3 heteroatoms. The first kappa shape index (κ1) is 14.0. The molecular formula is C16H22FNO. The molecule has 1 fully saturated rings. The molecule has 1 N–H and O–H groups in total. The molecule has 2 atom stereocenters. The van der Waals surface area contributed by atoms with Crippen molar-refractivity contribution >= 4 is 5.91 Å². The van der Waals surface area contributed by atoms with Crippen molar-refractivity contribution in [3.8, 4) is 0 Å². The Morgan fingerprint density at radius 3 is 2.42 bits per heavy atom. The molecule has 2 rings (SSSR count). The summed E-state index contributed by atoms with van der Waals surface area (Å²) in [5.74, 6) is 0.520. The first-order valence-electron chi connectivity index (χ1n) is 7.02. The maximum atomic E-state index is 13.7. The zero-order valence-electron chi connectivity index (χ0n) is 11.9. The van der Waals surface area contributed by atoms with Crippen LogP contribution in [0.5, 0.6) is 0 Å². The highest BCUT2D eigenvalue weighted by Crippen LogP contribution is 2.28. The van der Waals surface area contributed by atoms with Crippen LogP contribution in [0.2, 0.25) is 0 Å². The van der Waals surface area contributed by atoms with Gasteiger partial charge in [0.1, 0.15) is 5.82 Å². The van der Waals surface area contributed by atoms with Crippen molar-refractivity contribution in [3.63, 3.8) is 0 Å². The molecule has 2 nitrogen and oxygen atoms in total. The number of nitrogens with one attached hydrogen (secondary N) is 1. The van der Waals surface area contributed by atoms with Crippen molar-refractivity contribution in [3.05, 3.63) is 35.1 Å². The molecule has 0 heterocycles. The van der Waals surface area contributed by atoms with Crippen LogP contribution in [-0.2, 0) is 0 Å². The number of hydrogen-bond donors (Lipinski definition) is 1. The Morgan fingerprint density at radius 2 is 1.84 bits per heavy atom. The van der Waals surface area contributed by atoms with Crippen molar-refractivity contribution < 1.29 is 9.18 Å². The lowest BCUT2D eigenvalue weighted by Crippen LogP contribution is -2.40. The fourth-order valence-corrected chi connectivity index (χ4v) is 3.13. The molecule has 19 heavy (non-hydrogen) atoms. The van der Waals surface area contributed by atoms with Gasteiger partial charge in [-0.25, -0.2) is 4.39 Å². The van der Waals surface area contributed by atoms with Crippen LogP contribution in [0.25, 0.3) is 0 Å². The van der Waals surface area contributed by atoms with Crippen molar-refractivity contribution in [2.24, 2.45) is 11.8 Å². The van der Waals surface area contributed by atoms with Gasteiger partial charge in [0.15, 0.2) is 0 Å². The van der Waals surface area contributed by atoms with Gasteiger partial charge in [-0.3, -0.25) is 4.79 Å². The van der Waals surface area contributed by atoms with E-state index < -0.39 is 5.82 Å². The number of carbonyl (C=O) groups is 1. The topological polar surface area (TPSA) is 29.1 Å². The molecule has 0 radical (unpaired) electrons. The van der Waals surface area contributed by atoms with Crippen LogP contribution in [0.3, 0.4) is 0 Å². The van der Waals surface area contributed by atoms with Crippen molar-refractivity contribution in [2.45, 2.75) is 46.1 Å². The fraction of sp³-hybridized carbons (Fsp3) is 0.562. The highest BCUT2D eigenvalue weighted by molar-refractivity contribution is 5.94. The second-order valence-electron chi connectivity index (χ2n) is 6.07. The molecule has 104 valence electrons. The summed E-state index contributed by atoms with van der Waals surface area (Å²) in [6, 6.07) is 4.91. The van der Waals surface area contributed by atoms with Gasteiger partial charge in [-0.05, 0) is 55.7 Å². The van der Waals surface area contributed by atoms with Crippen LogP contribution in [0, 0.1) is 24.6 Å². The molecule has 0 aliphatic heterocycles. The summed E-state index contributed by atoms with van der Waals surface area (Å²) in [4.78, 5) is 12.1. The van der Waals surface area contributed by atoms with Crippen molar-refractivity contribution in [2.75, 3.05) is 0 Å². The summed E-state index contributed by atoms with van der Waals surface area (Å²) in [7, 11) is 0. The second kappa shape index (κ2) is 5.72. The number of rotatable bonds is 2. The smallest absolute Gasteiger partial charge is 0.254 e. The third-order valence-corrected chi connectivity index (χ3v) is 3.88. The molecule has 1 aromatic carbocycles. The number of benzene rings is 1. The van der Waals surface area contributed by atoms with Crippen LogP contribution in [0.15, 0.2) is 18.2 Å². The standard InChI is InChI=1S/C16H22FNO/c1-10-4-5-14(15(17)9-10)16(19)18-13-7-11(2)6-12(3)8-13/h4-5,9,11-13H,6-8H2,1-3H3,(H,18,19). The first-order chi connectivity index (χ1) is 8.95. The fourth-order valence-electron chi connectivity index (χ4n) is 3.13. The minimum atomic E-state index is -0.436. The number of carbonyl (C=O) groups excluding carboxylic acids is 1. The molecular weight excluding hydrogens is 241 g/mol. The van der Waals surface area contributed by atoms with Crippen LogP contribution in [0.4, 0.5) is 4.39 Å². The van der Waals surface area contributed by atoms with E-state index in [4.69, 9.17) is 0 Å². The number of amides is 1. The predicted octanol–water partition coefficient (Wildman–Crippen LogP) is 3.69. The highest BCUT2D eigenvalue weighted by atomic mass is 19.1. The van der Waals surface area contributed by atoms with Gasteiger partial charge in [-0.1, -0.05) is 19.9 Å². The molecule has 0 saturated heterocycles. The molecule has 1 aliphatic carbocycles. The van der Waals surface area contributed by atoms with Crippen LogP contribution in [-0.4, -0.2) is 11.9 Å². The summed E-state index contributed by atoms with van der Waals surface area (Å²) < 4.78 is 13.7. The Labute approximate surface area is 114 Å². The maximum Gasteiger partial charge on any atom is 0.254 e. The minimum Gasteiger partial charge on any atom is -0.349 e. The lowest BCUT2D eigenvalue weighted by Gasteiger charge is -2.32. The zero-order chi connectivity index (χ0) is 14.0. The summed E-state index contributed by atoms with van der Waals surface area (Å²) >= 11 is 0. The normalized spacial score (nSPS) is 27.1. The van der Waals surface area contributed by atoms with Gasteiger partial charge in [0.05, 0.1) is 5.56 Å². The third kappa shape index (κ3) is 3.55. The Hall–Kier alpha value is -1.38. The molecule has 0 aromatic heterocycles. The molecule has 0 spiro atoms. The van der Waals surface area contributed by atoms with E-state index in [0.29, 0.717) is 11.8 Å². The number of aryl methyl sites for hydroxylation is 1. The zero-order valence-corrected chi connectivity index (χ0v) is 11.9. The van der Waals surface area contributed by atoms with E-state index in [9.17, 15) is 9.18 Å². The van der Waals surface area contributed by atoms with Crippen LogP contribution < -0.4 is 5.32 Å². The highest BCUT2D eigenvalue weighted by Gasteiger charge is 2.25. The second-order valence-corrected chi connectivity index (χ2v) is 6.07. The first-order valence-corrected chi connectivity index (χ1v) is 7.02. The van der Waals surface area contributed by atoms with E-state index in [2.05, 4.69) is 19.2 Å². The van der Waals surface area contributed by atoms with Gasteiger partial charge in [0, 0.05) is 6.04 Å². The average Bonchev–Trinajstić information content (AvgIpc) is 2.26. The van der Waals surface area contributed by atoms with E-state index in [0.717, 1.165) is 18.4 Å². The lowest BCUT2D eigenvalue weighted by atomic mass is 9.80. The molecule has 1 saturated carbocycles. The van der Waals surface area contributed by atoms with E-state index in [-0.39, 0.29) is 17.5 Å². The van der Waals surface area contributed by atoms with E-state index in [1.54, 1.807) is 12.1 Å². The van der Waals surface area contributed by atoms with Crippen LogP contribution in [0.1, 0.15) is 49.0 Å². The Balaban J connectivity index is 2.04. The monoisotopic (exact) mass is 263 g/mol. The van der Waals surface area contributed by atoms with Gasteiger partial charge in [-0.2, -0.15) is 0 Å². The average molecular weight is 263 g/mol. The van der Waals surface area contributed by atoms with Crippen LogP contribution >= 0.6 is 0 Å². The van der Waals surface area contributed by atoms with Gasteiger partial charge in [-0.15, -0.1) is 0 Å². The Kier molecular flexibility index (Phi) is 4.23. The SMILES string of the molecule is Cc1ccc(C(=O)NC2CC(C)CC(C)C2)c(F)c1. The van der Waals surface area contributed by atoms with E-state index in [1.807, 2.05) is 6.92 Å². The summed E-state index contributed by atoms with van der Waals surface area (Å²) in [5.41, 5.74) is 0.977. The number of hydrogen-bond acceptors (Lipinski definition) is 1. The summed E-state index contributed by atoms with van der Waals surface area (Å²) in [6.45, 7) is 6.23. The van der Waals surface area contributed by atoms with Gasteiger partial charge < -0.3 is 5.32 Å². The maximum absolute atomic E-state index is 13.7. The lowest BCUT2D eigenvalue weighted by molar-refractivity contribution is 0.0907. The largest absolute Gasteiger partial charge is 0.349 e.